The third kappa shape index (κ3) is 3.26. The van der Waals surface area contributed by atoms with Crippen LogP contribution in [0.3, 0.4) is 0 Å². The molecule has 2 atom stereocenters. The summed E-state index contributed by atoms with van der Waals surface area (Å²) in [6, 6.07) is 18.9. The van der Waals surface area contributed by atoms with Crippen molar-refractivity contribution in [3.8, 4) is 16.9 Å². The van der Waals surface area contributed by atoms with Crippen molar-refractivity contribution >= 4 is 0 Å². The van der Waals surface area contributed by atoms with Gasteiger partial charge in [0.2, 0.25) is 0 Å². The lowest BCUT2D eigenvalue weighted by Crippen LogP contribution is -2.48. The summed E-state index contributed by atoms with van der Waals surface area (Å²) in [6.07, 6.45) is 1.03. The average molecular weight is 283 g/mol. The Bertz CT molecular complexity index is 570. The number of para-hydroxylation sites is 1. The highest BCUT2D eigenvalue weighted by molar-refractivity contribution is 5.70. The number of nitrogens with one attached hydrogen (secondary N) is 1. The third-order valence-corrected chi connectivity index (χ3v) is 3.93. The number of likely N-dealkylation sites (N-methyl/N-ethyl adjacent to an activating group) is 1. The molecule has 1 aliphatic rings. The standard InChI is InChI=1S/C18H21NO2/c1-19-16-11-12-20-13-18(16)21-17-10-6-5-9-15(17)14-7-3-2-4-8-14/h2-10,16,18-19H,11-13H2,1H3. The molecule has 0 aromatic heterocycles. The van der Waals surface area contributed by atoms with Crippen LogP contribution in [0, 0.1) is 0 Å². The van der Waals surface area contributed by atoms with E-state index in [0.717, 1.165) is 24.3 Å². The molecule has 110 valence electrons. The molecule has 0 spiro atoms. The molecule has 2 unspecified atom stereocenters. The summed E-state index contributed by atoms with van der Waals surface area (Å²) in [7, 11) is 1.98. The van der Waals surface area contributed by atoms with Gasteiger partial charge in [0.15, 0.2) is 0 Å². The normalized spacial score (nSPS) is 22.0. The molecule has 0 saturated carbocycles. The summed E-state index contributed by atoms with van der Waals surface area (Å²) in [4.78, 5) is 0. The first-order valence-electron chi connectivity index (χ1n) is 7.44. The van der Waals surface area contributed by atoms with Crippen LogP contribution in [0.5, 0.6) is 5.75 Å². The molecule has 2 aromatic rings. The van der Waals surface area contributed by atoms with Crippen LogP contribution >= 0.6 is 0 Å². The maximum Gasteiger partial charge on any atom is 0.137 e. The third-order valence-electron chi connectivity index (χ3n) is 3.93. The first-order valence-corrected chi connectivity index (χ1v) is 7.44. The first-order chi connectivity index (χ1) is 10.4. The molecule has 0 amide bonds. The Balaban J connectivity index is 1.85. The zero-order valence-corrected chi connectivity index (χ0v) is 12.3. The number of hydrogen-bond donors (Lipinski definition) is 1. The molecule has 0 bridgehead atoms. The lowest BCUT2D eigenvalue weighted by Gasteiger charge is -2.32. The van der Waals surface area contributed by atoms with Crippen molar-refractivity contribution in [1.82, 2.24) is 5.32 Å². The molecule has 1 fully saturated rings. The maximum atomic E-state index is 6.26. The van der Waals surface area contributed by atoms with Crippen molar-refractivity contribution in [3.63, 3.8) is 0 Å². The Morgan fingerprint density at radius 3 is 2.62 bits per heavy atom. The van der Waals surface area contributed by atoms with Crippen molar-refractivity contribution in [2.24, 2.45) is 0 Å². The van der Waals surface area contributed by atoms with E-state index in [9.17, 15) is 0 Å². The van der Waals surface area contributed by atoms with E-state index in [0.29, 0.717) is 12.6 Å². The highest BCUT2D eigenvalue weighted by Crippen LogP contribution is 2.31. The van der Waals surface area contributed by atoms with Gasteiger partial charge in [0.25, 0.3) is 0 Å². The summed E-state index contributed by atoms with van der Waals surface area (Å²) in [5, 5.41) is 3.33. The molecule has 2 aromatic carbocycles. The Hall–Kier alpha value is -1.84. The predicted octanol–water partition coefficient (Wildman–Crippen LogP) is 3.11. The van der Waals surface area contributed by atoms with Gasteiger partial charge < -0.3 is 14.8 Å². The highest BCUT2D eigenvalue weighted by Gasteiger charge is 2.26. The van der Waals surface area contributed by atoms with Gasteiger partial charge in [-0.2, -0.15) is 0 Å². The van der Waals surface area contributed by atoms with Gasteiger partial charge in [0.05, 0.1) is 6.61 Å². The Labute approximate surface area is 125 Å². The number of hydrogen-bond acceptors (Lipinski definition) is 3. The van der Waals surface area contributed by atoms with Gasteiger partial charge >= 0.3 is 0 Å². The first kappa shape index (κ1) is 14.1. The Morgan fingerprint density at radius 2 is 1.81 bits per heavy atom. The minimum absolute atomic E-state index is 0.0496. The number of rotatable bonds is 4. The van der Waals surface area contributed by atoms with E-state index in [4.69, 9.17) is 9.47 Å². The van der Waals surface area contributed by atoms with Gasteiger partial charge in [-0.15, -0.1) is 0 Å². The number of ether oxygens (including phenoxy) is 2. The van der Waals surface area contributed by atoms with Gasteiger partial charge in [-0.3, -0.25) is 0 Å². The quantitative estimate of drug-likeness (QED) is 0.935. The fraction of sp³-hybridized carbons (Fsp3) is 0.333. The molecule has 0 aliphatic carbocycles. The molecule has 3 nitrogen and oxygen atoms in total. The zero-order valence-electron chi connectivity index (χ0n) is 12.3. The predicted molar refractivity (Wildman–Crippen MR) is 84.6 cm³/mol. The van der Waals surface area contributed by atoms with Crippen molar-refractivity contribution in [2.75, 3.05) is 20.3 Å². The number of benzene rings is 2. The highest BCUT2D eigenvalue weighted by atomic mass is 16.5. The van der Waals surface area contributed by atoms with E-state index in [2.05, 4.69) is 23.5 Å². The van der Waals surface area contributed by atoms with Crippen molar-refractivity contribution in [3.05, 3.63) is 54.6 Å². The van der Waals surface area contributed by atoms with Gasteiger partial charge in [-0.1, -0.05) is 48.5 Å². The van der Waals surface area contributed by atoms with Gasteiger partial charge in [-0.25, -0.2) is 0 Å². The summed E-state index contributed by atoms with van der Waals surface area (Å²) in [5.41, 5.74) is 2.30. The fourth-order valence-electron chi connectivity index (χ4n) is 2.75. The smallest absolute Gasteiger partial charge is 0.137 e. The van der Waals surface area contributed by atoms with Crippen LogP contribution in [-0.2, 0) is 4.74 Å². The topological polar surface area (TPSA) is 30.5 Å². The van der Waals surface area contributed by atoms with Gasteiger partial charge in [0.1, 0.15) is 11.9 Å². The van der Waals surface area contributed by atoms with Crippen LogP contribution < -0.4 is 10.1 Å². The lowest BCUT2D eigenvalue weighted by atomic mass is 10.0. The van der Waals surface area contributed by atoms with Crippen LogP contribution in [0.1, 0.15) is 6.42 Å². The maximum absolute atomic E-state index is 6.26. The summed E-state index contributed by atoms with van der Waals surface area (Å²) in [6.45, 7) is 1.43. The second kappa shape index (κ2) is 6.74. The van der Waals surface area contributed by atoms with E-state index >= 15 is 0 Å². The van der Waals surface area contributed by atoms with Crippen molar-refractivity contribution in [2.45, 2.75) is 18.6 Å². The Morgan fingerprint density at radius 1 is 1.05 bits per heavy atom. The van der Waals surface area contributed by atoms with Crippen LogP contribution in [0.15, 0.2) is 54.6 Å². The van der Waals surface area contributed by atoms with Crippen molar-refractivity contribution < 1.29 is 9.47 Å². The molecule has 1 saturated heterocycles. The Kier molecular flexibility index (Phi) is 4.53. The fourth-order valence-corrected chi connectivity index (χ4v) is 2.75. The van der Waals surface area contributed by atoms with Crippen LogP contribution in [0.25, 0.3) is 11.1 Å². The van der Waals surface area contributed by atoms with E-state index in [1.165, 1.54) is 5.56 Å². The molecule has 1 heterocycles. The van der Waals surface area contributed by atoms with Gasteiger partial charge in [0, 0.05) is 18.2 Å². The lowest BCUT2D eigenvalue weighted by molar-refractivity contribution is -0.0126. The molecule has 3 heteroatoms. The van der Waals surface area contributed by atoms with Crippen LogP contribution in [-0.4, -0.2) is 32.4 Å². The second-order valence-electron chi connectivity index (χ2n) is 5.28. The summed E-state index contributed by atoms with van der Waals surface area (Å²) >= 11 is 0. The van der Waals surface area contributed by atoms with E-state index in [-0.39, 0.29) is 6.10 Å². The minimum Gasteiger partial charge on any atom is -0.486 e. The van der Waals surface area contributed by atoms with E-state index in [1.54, 1.807) is 0 Å². The van der Waals surface area contributed by atoms with Crippen LogP contribution in [0.2, 0.25) is 0 Å². The SMILES string of the molecule is CNC1CCOCC1Oc1ccccc1-c1ccccc1. The molecule has 0 radical (unpaired) electrons. The van der Waals surface area contributed by atoms with Gasteiger partial charge in [-0.05, 0) is 25.1 Å². The summed E-state index contributed by atoms with van der Waals surface area (Å²) < 4.78 is 11.8. The monoisotopic (exact) mass is 283 g/mol. The largest absolute Gasteiger partial charge is 0.486 e. The van der Waals surface area contributed by atoms with Crippen molar-refractivity contribution in [1.29, 1.82) is 0 Å². The molecular weight excluding hydrogens is 262 g/mol. The van der Waals surface area contributed by atoms with E-state index < -0.39 is 0 Å². The minimum atomic E-state index is 0.0496. The zero-order chi connectivity index (χ0) is 14.5. The molecule has 21 heavy (non-hydrogen) atoms. The molecule has 3 rings (SSSR count). The summed E-state index contributed by atoms with van der Waals surface area (Å²) in [5.74, 6) is 0.916. The second-order valence-corrected chi connectivity index (χ2v) is 5.28. The van der Waals surface area contributed by atoms with Crippen LogP contribution in [0.4, 0.5) is 0 Å². The van der Waals surface area contributed by atoms with E-state index in [1.807, 2.05) is 43.4 Å². The molecule has 1 N–H and O–H groups in total. The average Bonchev–Trinajstić information content (AvgIpc) is 2.57. The molecular formula is C18H21NO2. The molecule has 1 aliphatic heterocycles.